The van der Waals surface area contributed by atoms with Gasteiger partial charge in [-0.15, -0.1) is 0 Å². The number of methoxy groups -OCH3 is 1. The fourth-order valence-electron chi connectivity index (χ4n) is 2.24. The maximum atomic E-state index is 12.1. The van der Waals surface area contributed by atoms with Crippen LogP contribution in [-0.4, -0.2) is 40.8 Å². The van der Waals surface area contributed by atoms with E-state index in [0.717, 1.165) is 15.4 Å². The molecular formula is C17H20BrN3O4. The number of amides is 1. The van der Waals surface area contributed by atoms with E-state index in [0.29, 0.717) is 5.69 Å². The number of esters is 1. The number of fused-ring (bicyclic) bond motifs is 1. The van der Waals surface area contributed by atoms with Gasteiger partial charge in [-0.3, -0.25) is 9.97 Å². The molecule has 25 heavy (non-hydrogen) atoms. The molecule has 0 radical (unpaired) electrons. The molecule has 0 fully saturated rings. The molecule has 0 aromatic carbocycles. The Morgan fingerprint density at radius 2 is 2.04 bits per heavy atom. The van der Waals surface area contributed by atoms with Crippen LogP contribution in [0.1, 0.15) is 26.5 Å². The highest BCUT2D eigenvalue weighted by molar-refractivity contribution is 9.10. The molecule has 0 saturated carbocycles. The van der Waals surface area contributed by atoms with Crippen molar-refractivity contribution in [3.8, 4) is 0 Å². The summed E-state index contributed by atoms with van der Waals surface area (Å²) in [7, 11) is 1.26. The molecule has 0 aliphatic carbocycles. The highest BCUT2D eigenvalue weighted by Gasteiger charge is 2.26. The zero-order valence-corrected chi connectivity index (χ0v) is 16.1. The maximum absolute atomic E-state index is 12.1. The van der Waals surface area contributed by atoms with Gasteiger partial charge in [0, 0.05) is 24.2 Å². The number of ether oxygens (including phenoxy) is 2. The molecule has 2 rings (SSSR count). The summed E-state index contributed by atoms with van der Waals surface area (Å²) in [5.74, 6) is -0.576. The first-order chi connectivity index (χ1) is 11.7. The summed E-state index contributed by atoms with van der Waals surface area (Å²) in [6.45, 7) is 5.24. The minimum atomic E-state index is -0.920. The predicted molar refractivity (Wildman–Crippen MR) is 96.1 cm³/mol. The number of aromatic nitrogens is 2. The lowest BCUT2D eigenvalue weighted by molar-refractivity contribution is -0.143. The highest BCUT2D eigenvalue weighted by Crippen LogP contribution is 2.24. The number of nitrogens with one attached hydrogen (secondary N) is 1. The molecule has 0 bridgehead atoms. The molecule has 2 aromatic rings. The van der Waals surface area contributed by atoms with Gasteiger partial charge in [-0.2, -0.15) is 0 Å². The number of rotatable bonds is 4. The van der Waals surface area contributed by atoms with E-state index in [1.54, 1.807) is 39.2 Å². The summed E-state index contributed by atoms with van der Waals surface area (Å²) in [6.07, 6.45) is 2.75. The molecular weight excluding hydrogens is 390 g/mol. The van der Waals surface area contributed by atoms with Crippen molar-refractivity contribution in [3.63, 3.8) is 0 Å². The van der Waals surface area contributed by atoms with E-state index >= 15 is 0 Å². The van der Waals surface area contributed by atoms with Crippen LogP contribution in [0.4, 0.5) is 4.79 Å². The van der Waals surface area contributed by atoms with Gasteiger partial charge in [-0.1, -0.05) is 0 Å². The monoisotopic (exact) mass is 409 g/mol. The van der Waals surface area contributed by atoms with Crippen LogP contribution < -0.4 is 5.32 Å². The van der Waals surface area contributed by atoms with E-state index < -0.39 is 23.7 Å². The molecule has 0 aliphatic heterocycles. The third kappa shape index (κ3) is 5.12. The minimum absolute atomic E-state index is 0.154. The summed E-state index contributed by atoms with van der Waals surface area (Å²) in [5, 5.41) is 3.33. The zero-order valence-electron chi connectivity index (χ0n) is 14.5. The summed E-state index contributed by atoms with van der Waals surface area (Å²) in [4.78, 5) is 32.8. The Kier molecular flexibility index (Phi) is 5.94. The Hall–Kier alpha value is -2.22. The summed E-state index contributed by atoms with van der Waals surface area (Å²) >= 11 is 3.41. The third-order valence-electron chi connectivity index (χ3n) is 3.25. The number of hydrogen-bond donors (Lipinski definition) is 1. The molecule has 1 N–H and O–H groups in total. The quantitative estimate of drug-likeness (QED) is 0.780. The van der Waals surface area contributed by atoms with Crippen LogP contribution in [-0.2, 0) is 20.7 Å². The number of carbonyl (C=O) groups excluding carboxylic acids is 2. The fraction of sp³-hybridized carbons (Fsp3) is 0.412. The molecule has 2 aromatic heterocycles. The van der Waals surface area contributed by atoms with Gasteiger partial charge in [0.05, 0.1) is 22.8 Å². The van der Waals surface area contributed by atoms with Crippen LogP contribution in [0.5, 0.6) is 0 Å². The molecule has 1 amide bonds. The Labute approximate surface area is 154 Å². The van der Waals surface area contributed by atoms with Crippen LogP contribution in [0.15, 0.2) is 29.0 Å². The van der Waals surface area contributed by atoms with Crippen molar-refractivity contribution in [2.45, 2.75) is 38.8 Å². The number of halogens is 1. The summed E-state index contributed by atoms with van der Waals surface area (Å²) in [5.41, 5.74) is 0.683. The topological polar surface area (TPSA) is 90.4 Å². The van der Waals surface area contributed by atoms with Gasteiger partial charge in [0.25, 0.3) is 0 Å². The average Bonchev–Trinajstić information content (AvgIpc) is 2.54. The lowest BCUT2D eigenvalue weighted by Gasteiger charge is -2.22. The minimum Gasteiger partial charge on any atom is -0.467 e. The van der Waals surface area contributed by atoms with Crippen LogP contribution in [0.2, 0.25) is 0 Å². The standard InChI is InChI=1S/C17H20BrN3O4/c1-17(2,3)25-16(23)21-13(15(22)24-4)8-12-10-6-5-7-19-14(10)11(18)9-20-12/h5-7,9,13H,8H2,1-4H3,(H,21,23)/t13-/m0/s1. The SMILES string of the molecule is COC(=O)[C@H](Cc1ncc(Br)c2ncccc12)NC(=O)OC(C)(C)C. The van der Waals surface area contributed by atoms with Crippen LogP contribution in [0.25, 0.3) is 10.9 Å². The predicted octanol–water partition coefficient (Wildman–Crippen LogP) is 3.00. The van der Waals surface area contributed by atoms with Gasteiger partial charge in [0.1, 0.15) is 11.6 Å². The molecule has 7 nitrogen and oxygen atoms in total. The van der Waals surface area contributed by atoms with Crippen LogP contribution >= 0.6 is 15.9 Å². The first kappa shape index (κ1) is 19.1. The average molecular weight is 410 g/mol. The second-order valence-electron chi connectivity index (χ2n) is 6.38. The third-order valence-corrected chi connectivity index (χ3v) is 3.83. The van der Waals surface area contributed by atoms with Crippen molar-refractivity contribution in [1.29, 1.82) is 0 Å². The molecule has 0 spiro atoms. The van der Waals surface area contributed by atoms with Crippen LogP contribution in [0, 0.1) is 0 Å². The van der Waals surface area contributed by atoms with Gasteiger partial charge < -0.3 is 14.8 Å². The molecule has 0 saturated heterocycles. The van der Waals surface area contributed by atoms with Crippen molar-refractivity contribution in [2.24, 2.45) is 0 Å². The van der Waals surface area contributed by atoms with E-state index in [9.17, 15) is 9.59 Å². The first-order valence-corrected chi connectivity index (χ1v) is 8.46. The Morgan fingerprint density at radius 1 is 1.32 bits per heavy atom. The lowest BCUT2D eigenvalue weighted by Crippen LogP contribution is -2.45. The molecule has 8 heteroatoms. The maximum Gasteiger partial charge on any atom is 0.408 e. The second-order valence-corrected chi connectivity index (χ2v) is 7.23. The molecule has 1 atom stereocenters. The van der Waals surface area contributed by atoms with Crippen molar-refractivity contribution in [2.75, 3.05) is 7.11 Å². The van der Waals surface area contributed by atoms with Gasteiger partial charge >= 0.3 is 12.1 Å². The normalized spacial score (nSPS) is 12.5. The number of hydrogen-bond acceptors (Lipinski definition) is 6. The van der Waals surface area contributed by atoms with E-state index in [4.69, 9.17) is 9.47 Å². The number of pyridine rings is 2. The smallest absolute Gasteiger partial charge is 0.408 e. The summed E-state index contributed by atoms with van der Waals surface area (Å²) in [6, 6.07) is 2.72. The van der Waals surface area contributed by atoms with Crippen molar-refractivity contribution in [3.05, 3.63) is 34.7 Å². The van der Waals surface area contributed by atoms with Gasteiger partial charge in [0.2, 0.25) is 0 Å². The van der Waals surface area contributed by atoms with Crippen molar-refractivity contribution >= 4 is 38.9 Å². The van der Waals surface area contributed by atoms with E-state index in [1.165, 1.54) is 7.11 Å². The first-order valence-electron chi connectivity index (χ1n) is 7.66. The van der Waals surface area contributed by atoms with E-state index in [2.05, 4.69) is 31.2 Å². The molecule has 0 unspecified atom stereocenters. The number of nitrogens with zero attached hydrogens (tertiary/aromatic N) is 2. The van der Waals surface area contributed by atoms with E-state index in [-0.39, 0.29) is 6.42 Å². The van der Waals surface area contributed by atoms with Gasteiger partial charge in [-0.05, 0) is 48.8 Å². The number of alkyl carbamates (subject to hydrolysis) is 1. The number of carbonyl (C=O) groups is 2. The Morgan fingerprint density at radius 3 is 2.68 bits per heavy atom. The van der Waals surface area contributed by atoms with Crippen LogP contribution in [0.3, 0.4) is 0 Å². The largest absolute Gasteiger partial charge is 0.467 e. The van der Waals surface area contributed by atoms with Crippen molar-refractivity contribution < 1.29 is 19.1 Å². The fourth-order valence-corrected chi connectivity index (χ4v) is 2.65. The second kappa shape index (κ2) is 7.77. The molecule has 134 valence electrons. The zero-order chi connectivity index (χ0) is 18.6. The van der Waals surface area contributed by atoms with E-state index in [1.807, 2.05) is 6.07 Å². The molecule has 0 aliphatic rings. The summed E-state index contributed by atoms with van der Waals surface area (Å²) < 4.78 is 10.8. The Balaban J connectivity index is 2.28. The highest BCUT2D eigenvalue weighted by atomic mass is 79.9. The van der Waals surface area contributed by atoms with Crippen molar-refractivity contribution in [1.82, 2.24) is 15.3 Å². The lowest BCUT2D eigenvalue weighted by atomic mass is 10.1. The van der Waals surface area contributed by atoms with Gasteiger partial charge in [-0.25, -0.2) is 9.59 Å². The van der Waals surface area contributed by atoms with Gasteiger partial charge in [0.15, 0.2) is 0 Å². The molecule has 2 heterocycles. The Bertz CT molecular complexity index is 789.